The molecule has 0 aliphatic rings. The molecule has 1 N–H and O–H groups in total. The Morgan fingerprint density at radius 3 is 2.48 bits per heavy atom. The van der Waals surface area contributed by atoms with Gasteiger partial charge in [0, 0.05) is 23.3 Å². The molecule has 0 saturated heterocycles. The molecule has 0 aliphatic carbocycles. The summed E-state index contributed by atoms with van der Waals surface area (Å²) >= 11 is 0. The van der Waals surface area contributed by atoms with Crippen LogP contribution >= 0.6 is 0 Å². The number of benzene rings is 2. The van der Waals surface area contributed by atoms with E-state index in [4.69, 9.17) is 4.74 Å². The Morgan fingerprint density at radius 2 is 1.81 bits per heavy atom. The molecule has 0 radical (unpaired) electrons. The van der Waals surface area contributed by atoms with Crippen molar-refractivity contribution >= 4 is 23.3 Å². The van der Waals surface area contributed by atoms with Crippen molar-refractivity contribution in [2.75, 3.05) is 6.61 Å². The maximum atomic E-state index is 13.1. The molecule has 0 spiro atoms. The van der Waals surface area contributed by atoms with Crippen molar-refractivity contribution in [3.05, 3.63) is 75.6 Å². The normalized spacial score (nSPS) is 11.3. The van der Waals surface area contributed by atoms with Crippen LogP contribution < -0.4 is 5.32 Å². The fraction of sp³-hybridized carbons (Fsp3) is 0.167. The minimum atomic E-state index is -1.10. The van der Waals surface area contributed by atoms with Crippen LogP contribution in [0.5, 0.6) is 0 Å². The van der Waals surface area contributed by atoms with Crippen LogP contribution in [0.1, 0.15) is 27.6 Å². The second-order valence-electron chi connectivity index (χ2n) is 5.54. The van der Waals surface area contributed by atoms with Crippen LogP contribution in [0.2, 0.25) is 0 Å². The zero-order valence-corrected chi connectivity index (χ0v) is 14.2. The summed E-state index contributed by atoms with van der Waals surface area (Å²) in [6.45, 7) is 0.726. The summed E-state index contributed by atoms with van der Waals surface area (Å²) in [5.74, 6) is -2.78. The van der Waals surface area contributed by atoms with Crippen molar-refractivity contribution < 1.29 is 28.4 Å². The topological polar surface area (TPSA) is 116 Å². The number of hydrogen-bond donors (Lipinski definition) is 1. The van der Waals surface area contributed by atoms with E-state index in [1.165, 1.54) is 43.3 Å². The van der Waals surface area contributed by atoms with Gasteiger partial charge in [-0.25, -0.2) is 9.18 Å². The van der Waals surface area contributed by atoms with E-state index in [9.17, 15) is 28.9 Å². The first kappa shape index (κ1) is 19.7. The van der Waals surface area contributed by atoms with E-state index in [1.54, 1.807) is 0 Å². The van der Waals surface area contributed by atoms with E-state index in [2.05, 4.69) is 5.32 Å². The Morgan fingerprint density at radius 1 is 1.15 bits per heavy atom. The molecule has 0 unspecified atom stereocenters. The number of non-ortho nitro benzene ring substituents is 1. The van der Waals surface area contributed by atoms with Gasteiger partial charge < -0.3 is 10.1 Å². The molecule has 1 atom stereocenters. The summed E-state index contributed by atoms with van der Waals surface area (Å²) in [5, 5.41) is 13.1. The van der Waals surface area contributed by atoms with Crippen molar-refractivity contribution in [3.8, 4) is 0 Å². The number of nitro benzene ring substituents is 1. The van der Waals surface area contributed by atoms with Crippen LogP contribution in [-0.2, 0) is 9.53 Å². The van der Waals surface area contributed by atoms with E-state index in [1.807, 2.05) is 0 Å². The standard InChI is InChI=1S/C18H15FN2O6/c1-11(20-17(23)13-5-3-7-15(9-13)21(25)26)18(24)27-10-16(22)12-4-2-6-14(19)8-12/h2-9,11H,10H2,1H3,(H,20,23)/t11-/m0/s1. The predicted molar refractivity (Wildman–Crippen MR) is 91.7 cm³/mol. The van der Waals surface area contributed by atoms with Gasteiger partial charge in [0.1, 0.15) is 11.9 Å². The molecule has 27 heavy (non-hydrogen) atoms. The number of esters is 1. The Labute approximate surface area is 153 Å². The molecule has 0 heterocycles. The van der Waals surface area contributed by atoms with E-state index in [0.29, 0.717) is 0 Å². The first-order valence-electron chi connectivity index (χ1n) is 7.78. The molecular formula is C18H15FN2O6. The predicted octanol–water partition coefficient (Wildman–Crippen LogP) is 2.28. The molecule has 0 bridgehead atoms. The Balaban J connectivity index is 1.91. The summed E-state index contributed by atoms with van der Waals surface area (Å²) in [6, 6.07) is 8.82. The summed E-state index contributed by atoms with van der Waals surface area (Å²) in [5.41, 5.74) is -0.214. The van der Waals surface area contributed by atoms with Gasteiger partial charge in [0.15, 0.2) is 12.4 Å². The molecule has 2 rings (SSSR count). The molecular weight excluding hydrogens is 359 g/mol. The first-order chi connectivity index (χ1) is 12.8. The van der Waals surface area contributed by atoms with Gasteiger partial charge in [-0.1, -0.05) is 18.2 Å². The highest BCUT2D eigenvalue weighted by molar-refractivity contribution is 5.99. The number of amides is 1. The number of nitrogens with zero attached hydrogens (tertiary/aromatic N) is 1. The Hall–Kier alpha value is -3.62. The van der Waals surface area contributed by atoms with Crippen molar-refractivity contribution in [1.82, 2.24) is 5.32 Å². The van der Waals surface area contributed by atoms with Gasteiger partial charge in [-0.3, -0.25) is 19.7 Å². The average molecular weight is 374 g/mol. The molecule has 0 fully saturated rings. The van der Waals surface area contributed by atoms with E-state index >= 15 is 0 Å². The highest BCUT2D eigenvalue weighted by atomic mass is 19.1. The number of ketones is 1. The summed E-state index contributed by atoms with van der Waals surface area (Å²) in [4.78, 5) is 46.0. The van der Waals surface area contributed by atoms with Crippen molar-refractivity contribution in [1.29, 1.82) is 0 Å². The fourth-order valence-corrected chi connectivity index (χ4v) is 2.11. The smallest absolute Gasteiger partial charge is 0.328 e. The number of carbonyl (C=O) groups excluding carboxylic acids is 3. The monoisotopic (exact) mass is 374 g/mol. The van der Waals surface area contributed by atoms with Gasteiger partial charge in [0.05, 0.1) is 4.92 Å². The summed E-state index contributed by atoms with van der Waals surface area (Å²) in [6.07, 6.45) is 0. The zero-order valence-electron chi connectivity index (χ0n) is 14.2. The van der Waals surface area contributed by atoms with Gasteiger partial charge in [-0.05, 0) is 25.1 Å². The largest absolute Gasteiger partial charge is 0.456 e. The number of ether oxygens (including phenoxy) is 1. The third-order valence-corrected chi connectivity index (χ3v) is 3.51. The molecule has 2 aromatic carbocycles. The van der Waals surface area contributed by atoms with Gasteiger partial charge in [-0.15, -0.1) is 0 Å². The van der Waals surface area contributed by atoms with Crippen molar-refractivity contribution in [2.24, 2.45) is 0 Å². The minimum absolute atomic E-state index is 0.000290. The highest BCUT2D eigenvalue weighted by Crippen LogP contribution is 2.13. The summed E-state index contributed by atoms with van der Waals surface area (Å²) < 4.78 is 17.9. The Kier molecular flexibility index (Phi) is 6.32. The van der Waals surface area contributed by atoms with Gasteiger partial charge in [0.25, 0.3) is 11.6 Å². The van der Waals surface area contributed by atoms with Crippen LogP contribution in [0.4, 0.5) is 10.1 Å². The van der Waals surface area contributed by atoms with Gasteiger partial charge >= 0.3 is 5.97 Å². The van der Waals surface area contributed by atoms with E-state index in [0.717, 1.165) is 12.1 Å². The third kappa shape index (κ3) is 5.43. The second kappa shape index (κ2) is 8.65. The van der Waals surface area contributed by atoms with Crippen molar-refractivity contribution in [3.63, 3.8) is 0 Å². The lowest BCUT2D eigenvalue weighted by atomic mass is 10.1. The molecule has 140 valence electrons. The molecule has 2 aromatic rings. The van der Waals surface area contributed by atoms with Crippen LogP contribution in [0.15, 0.2) is 48.5 Å². The number of nitrogens with one attached hydrogen (secondary N) is 1. The number of halogens is 1. The number of hydrogen-bond acceptors (Lipinski definition) is 6. The molecule has 0 aromatic heterocycles. The molecule has 0 saturated carbocycles. The third-order valence-electron chi connectivity index (χ3n) is 3.51. The lowest BCUT2D eigenvalue weighted by Gasteiger charge is -2.13. The lowest BCUT2D eigenvalue weighted by molar-refractivity contribution is -0.384. The van der Waals surface area contributed by atoms with Crippen molar-refractivity contribution in [2.45, 2.75) is 13.0 Å². The minimum Gasteiger partial charge on any atom is -0.456 e. The van der Waals surface area contributed by atoms with Crippen LogP contribution in [0, 0.1) is 15.9 Å². The number of rotatable bonds is 7. The first-order valence-corrected chi connectivity index (χ1v) is 7.78. The quantitative estimate of drug-likeness (QED) is 0.344. The van der Waals surface area contributed by atoms with Gasteiger partial charge in [-0.2, -0.15) is 0 Å². The fourth-order valence-electron chi connectivity index (χ4n) is 2.11. The van der Waals surface area contributed by atoms with Crippen LogP contribution in [0.25, 0.3) is 0 Å². The van der Waals surface area contributed by atoms with E-state index < -0.39 is 41.0 Å². The van der Waals surface area contributed by atoms with E-state index in [-0.39, 0.29) is 16.8 Å². The highest BCUT2D eigenvalue weighted by Gasteiger charge is 2.20. The maximum Gasteiger partial charge on any atom is 0.328 e. The average Bonchev–Trinajstić information content (AvgIpc) is 2.65. The zero-order chi connectivity index (χ0) is 20.0. The second-order valence-corrected chi connectivity index (χ2v) is 5.54. The number of carbonyl (C=O) groups is 3. The van der Waals surface area contributed by atoms with Gasteiger partial charge in [0.2, 0.25) is 0 Å². The number of Topliss-reactive ketones (excluding diaryl/α,β-unsaturated/α-hetero) is 1. The molecule has 8 nitrogen and oxygen atoms in total. The van der Waals surface area contributed by atoms with Crippen LogP contribution in [-0.4, -0.2) is 35.2 Å². The molecule has 9 heteroatoms. The number of nitro groups is 1. The molecule has 0 aliphatic heterocycles. The lowest BCUT2D eigenvalue weighted by Crippen LogP contribution is -2.40. The van der Waals surface area contributed by atoms with Crippen LogP contribution in [0.3, 0.4) is 0 Å². The Bertz CT molecular complexity index is 899. The SMILES string of the molecule is C[C@H](NC(=O)c1cccc([N+](=O)[O-])c1)C(=O)OCC(=O)c1cccc(F)c1. The maximum absolute atomic E-state index is 13.1. The summed E-state index contributed by atoms with van der Waals surface area (Å²) in [7, 11) is 0. The molecule has 1 amide bonds.